The second kappa shape index (κ2) is 4.24. The number of nitrogen functional groups attached to an aromatic ring is 1. The molecule has 0 aliphatic heterocycles. The number of halogens is 7. The number of anilines is 1. The molecule has 0 atom stereocenters. The molecule has 0 aliphatic rings. The largest absolute Gasteiger partial charge is 0.423 e. The van der Waals surface area contributed by atoms with Gasteiger partial charge in [-0.2, -0.15) is 26.3 Å². The Hall–Kier alpha value is -2.07. The quantitative estimate of drug-likeness (QED) is 0.373. The number of nitrogens with two attached hydrogens (primary N) is 1. The second-order valence-electron chi connectivity index (χ2n) is 3.30. The highest BCUT2D eigenvalue weighted by atomic mass is 19.4. The van der Waals surface area contributed by atoms with Crippen molar-refractivity contribution in [3.8, 4) is 0 Å². The van der Waals surface area contributed by atoms with Crippen molar-refractivity contribution in [3.63, 3.8) is 0 Å². The number of nitro groups is 1. The fourth-order valence-electron chi connectivity index (χ4n) is 1.36. The van der Waals surface area contributed by atoms with Crippen molar-refractivity contribution in [2.45, 2.75) is 12.4 Å². The third-order valence-electron chi connectivity index (χ3n) is 2.06. The molecule has 0 amide bonds. The van der Waals surface area contributed by atoms with Gasteiger partial charge in [0.05, 0.1) is 4.92 Å². The standard InChI is InChI=1S/C8H3F7N2O2/c9-3-1-2(7(10,11)12)6(17(18)19)5(16)4(3)8(13,14)15/h1H,16H2. The van der Waals surface area contributed by atoms with Gasteiger partial charge >= 0.3 is 18.0 Å². The molecule has 1 aromatic rings. The van der Waals surface area contributed by atoms with Crippen molar-refractivity contribution in [1.82, 2.24) is 0 Å². The lowest BCUT2D eigenvalue weighted by molar-refractivity contribution is -0.387. The van der Waals surface area contributed by atoms with Gasteiger partial charge in [-0.3, -0.25) is 10.1 Å². The van der Waals surface area contributed by atoms with Crippen LogP contribution in [0.1, 0.15) is 11.1 Å². The minimum Gasteiger partial charge on any atom is -0.393 e. The van der Waals surface area contributed by atoms with E-state index in [2.05, 4.69) is 5.73 Å². The van der Waals surface area contributed by atoms with Crippen molar-refractivity contribution in [2.75, 3.05) is 5.73 Å². The molecule has 1 aromatic carbocycles. The Morgan fingerprint density at radius 3 is 1.89 bits per heavy atom. The summed E-state index contributed by atoms with van der Waals surface area (Å²) >= 11 is 0. The summed E-state index contributed by atoms with van der Waals surface area (Å²) < 4.78 is 87.3. The van der Waals surface area contributed by atoms with Crippen LogP contribution in [0.5, 0.6) is 0 Å². The molecule has 0 aliphatic carbocycles. The first-order chi connectivity index (χ1) is 8.37. The molecule has 0 fully saturated rings. The molecule has 2 N–H and O–H groups in total. The van der Waals surface area contributed by atoms with E-state index in [1.807, 2.05) is 0 Å². The number of nitro benzene ring substituents is 1. The lowest BCUT2D eigenvalue weighted by Crippen LogP contribution is -2.18. The predicted molar refractivity (Wildman–Crippen MR) is 47.5 cm³/mol. The van der Waals surface area contributed by atoms with E-state index in [1.165, 1.54) is 0 Å². The molecule has 0 bridgehead atoms. The summed E-state index contributed by atoms with van der Waals surface area (Å²) in [5, 5.41) is 10.4. The van der Waals surface area contributed by atoms with Crippen LogP contribution in [0, 0.1) is 15.9 Å². The van der Waals surface area contributed by atoms with Gasteiger partial charge < -0.3 is 5.73 Å². The molecule has 0 saturated heterocycles. The first kappa shape index (κ1) is 15.0. The monoisotopic (exact) mass is 292 g/mol. The number of benzene rings is 1. The minimum atomic E-state index is -5.46. The molecule has 11 heteroatoms. The Morgan fingerprint density at radius 1 is 1.11 bits per heavy atom. The van der Waals surface area contributed by atoms with Crippen LogP contribution in [0.15, 0.2) is 6.07 Å². The van der Waals surface area contributed by atoms with Crippen molar-refractivity contribution in [2.24, 2.45) is 0 Å². The SMILES string of the molecule is Nc1c([N+](=O)[O-])c(C(F)(F)F)cc(F)c1C(F)(F)F. The minimum absolute atomic E-state index is 0.600. The molecule has 0 saturated carbocycles. The van der Waals surface area contributed by atoms with Gasteiger partial charge in [-0.05, 0) is 6.07 Å². The smallest absolute Gasteiger partial charge is 0.393 e. The van der Waals surface area contributed by atoms with Crippen LogP contribution in [0.25, 0.3) is 0 Å². The zero-order valence-corrected chi connectivity index (χ0v) is 8.56. The summed E-state index contributed by atoms with van der Waals surface area (Å²) in [6.45, 7) is 0. The molecule has 4 nitrogen and oxygen atoms in total. The summed E-state index contributed by atoms with van der Waals surface area (Å²) in [5.41, 5.74) is -3.75. The Balaban J connectivity index is 3.81. The molecule has 19 heavy (non-hydrogen) atoms. The molecule has 0 aromatic heterocycles. The number of nitrogens with zero attached hydrogens (tertiary/aromatic N) is 1. The molecular weight excluding hydrogens is 289 g/mol. The topological polar surface area (TPSA) is 69.2 Å². The van der Waals surface area contributed by atoms with Gasteiger partial charge in [0, 0.05) is 0 Å². The Morgan fingerprint density at radius 2 is 1.58 bits per heavy atom. The Kier molecular flexibility index (Phi) is 3.35. The number of hydrogen-bond donors (Lipinski definition) is 1. The molecule has 0 spiro atoms. The van der Waals surface area contributed by atoms with E-state index in [-0.39, 0.29) is 0 Å². The van der Waals surface area contributed by atoms with Crippen molar-refractivity contribution in [3.05, 3.63) is 33.1 Å². The molecule has 1 rings (SSSR count). The molecule has 106 valence electrons. The van der Waals surface area contributed by atoms with Gasteiger partial charge in [0.25, 0.3) is 0 Å². The predicted octanol–water partition coefficient (Wildman–Crippen LogP) is 3.35. The highest BCUT2D eigenvalue weighted by Crippen LogP contribution is 2.46. The summed E-state index contributed by atoms with van der Waals surface area (Å²) in [6, 6.07) is -0.600. The van der Waals surface area contributed by atoms with Crippen molar-refractivity contribution < 1.29 is 35.7 Å². The van der Waals surface area contributed by atoms with E-state index in [0.717, 1.165) is 0 Å². The van der Waals surface area contributed by atoms with Gasteiger partial charge in [-0.15, -0.1) is 0 Å². The van der Waals surface area contributed by atoms with E-state index in [9.17, 15) is 40.8 Å². The third kappa shape index (κ3) is 2.69. The molecular formula is C8H3F7N2O2. The normalized spacial score (nSPS) is 12.6. The van der Waals surface area contributed by atoms with Gasteiger partial charge in [0.1, 0.15) is 22.6 Å². The van der Waals surface area contributed by atoms with E-state index < -0.39 is 51.7 Å². The number of rotatable bonds is 1. The zero-order valence-electron chi connectivity index (χ0n) is 8.56. The van der Waals surface area contributed by atoms with E-state index in [0.29, 0.717) is 0 Å². The number of alkyl halides is 6. The highest BCUT2D eigenvalue weighted by molar-refractivity contribution is 5.69. The lowest BCUT2D eigenvalue weighted by Gasteiger charge is -2.15. The molecule has 0 radical (unpaired) electrons. The van der Waals surface area contributed by atoms with Crippen LogP contribution in [0.3, 0.4) is 0 Å². The van der Waals surface area contributed by atoms with Crippen LogP contribution in [-0.4, -0.2) is 4.92 Å². The fourth-order valence-corrected chi connectivity index (χ4v) is 1.36. The summed E-state index contributed by atoms with van der Waals surface area (Å²) in [6.07, 6.45) is -10.9. The second-order valence-corrected chi connectivity index (χ2v) is 3.30. The van der Waals surface area contributed by atoms with Crippen LogP contribution < -0.4 is 5.73 Å². The van der Waals surface area contributed by atoms with Gasteiger partial charge in [-0.25, -0.2) is 4.39 Å². The maximum atomic E-state index is 13.1. The summed E-state index contributed by atoms with van der Waals surface area (Å²) in [7, 11) is 0. The van der Waals surface area contributed by atoms with Gasteiger partial charge in [0.2, 0.25) is 0 Å². The van der Waals surface area contributed by atoms with E-state index in [4.69, 9.17) is 0 Å². The lowest BCUT2D eigenvalue weighted by atomic mass is 10.0. The molecule has 0 unspecified atom stereocenters. The maximum absolute atomic E-state index is 13.1. The Labute approximate surface area is 99.3 Å². The van der Waals surface area contributed by atoms with Gasteiger partial charge in [0.15, 0.2) is 0 Å². The highest BCUT2D eigenvalue weighted by Gasteiger charge is 2.46. The van der Waals surface area contributed by atoms with Crippen molar-refractivity contribution >= 4 is 11.4 Å². The first-order valence-corrected chi connectivity index (χ1v) is 4.28. The first-order valence-electron chi connectivity index (χ1n) is 4.28. The fraction of sp³-hybridized carbons (Fsp3) is 0.250. The van der Waals surface area contributed by atoms with Gasteiger partial charge in [-0.1, -0.05) is 0 Å². The molecule has 0 heterocycles. The third-order valence-corrected chi connectivity index (χ3v) is 2.06. The number of hydrogen-bond acceptors (Lipinski definition) is 3. The average Bonchev–Trinajstić information content (AvgIpc) is 2.11. The van der Waals surface area contributed by atoms with E-state index >= 15 is 0 Å². The average molecular weight is 292 g/mol. The maximum Gasteiger partial charge on any atom is 0.423 e. The van der Waals surface area contributed by atoms with Crippen LogP contribution in [0.4, 0.5) is 42.1 Å². The van der Waals surface area contributed by atoms with Crippen LogP contribution >= 0.6 is 0 Å². The van der Waals surface area contributed by atoms with Crippen molar-refractivity contribution in [1.29, 1.82) is 0 Å². The van der Waals surface area contributed by atoms with Crippen LogP contribution in [0.2, 0.25) is 0 Å². The summed E-state index contributed by atoms with van der Waals surface area (Å²) in [4.78, 5) is 8.67. The Bertz CT molecular complexity index is 535. The van der Waals surface area contributed by atoms with Crippen LogP contribution in [-0.2, 0) is 12.4 Å². The van der Waals surface area contributed by atoms with E-state index in [1.54, 1.807) is 0 Å². The zero-order chi connectivity index (χ0) is 15.2. The summed E-state index contributed by atoms with van der Waals surface area (Å²) in [5.74, 6) is -2.33.